The van der Waals surface area contributed by atoms with Gasteiger partial charge in [-0.1, -0.05) is 0 Å². The van der Waals surface area contributed by atoms with Crippen LogP contribution in [0.1, 0.15) is 6.42 Å². The minimum Gasteiger partial charge on any atom is -0.364 e. The van der Waals surface area contributed by atoms with Crippen LogP contribution in [-0.2, 0) is 0 Å². The Morgan fingerprint density at radius 3 is 3.14 bits per heavy atom. The van der Waals surface area contributed by atoms with Gasteiger partial charge in [0.2, 0.25) is 0 Å². The van der Waals surface area contributed by atoms with Crippen LogP contribution in [0.2, 0.25) is 0 Å². The Morgan fingerprint density at radius 2 is 2.36 bits per heavy atom. The molecule has 1 fully saturated rings. The van der Waals surface area contributed by atoms with E-state index in [0.29, 0.717) is 6.04 Å². The maximum Gasteiger partial charge on any atom is 0.177 e. The summed E-state index contributed by atoms with van der Waals surface area (Å²) < 4.78 is 1.64. The normalized spacial score (nSPS) is 25.2. The molecule has 14 heavy (non-hydrogen) atoms. The molecule has 2 aromatic rings. The lowest BCUT2D eigenvalue weighted by atomic mass is 10.5. The molecule has 0 bridgehead atoms. The molecule has 3 rings (SSSR count). The first kappa shape index (κ1) is 7.69. The van der Waals surface area contributed by atoms with Gasteiger partial charge in [0.25, 0.3) is 0 Å². The third-order valence-corrected chi connectivity index (χ3v) is 2.33. The summed E-state index contributed by atoms with van der Waals surface area (Å²) in [6.45, 7) is 0. The van der Waals surface area contributed by atoms with E-state index in [1.54, 1.807) is 10.8 Å². The van der Waals surface area contributed by atoms with Gasteiger partial charge in [-0.2, -0.15) is 4.52 Å². The van der Waals surface area contributed by atoms with Crippen LogP contribution in [0.25, 0.3) is 5.65 Å². The molecule has 0 radical (unpaired) electrons. The van der Waals surface area contributed by atoms with Crippen LogP contribution in [-0.4, -0.2) is 31.9 Å². The largest absolute Gasteiger partial charge is 0.364 e. The summed E-state index contributed by atoms with van der Waals surface area (Å²) in [7, 11) is 0. The zero-order chi connectivity index (χ0) is 9.54. The summed E-state index contributed by atoms with van der Waals surface area (Å²) in [5, 5.41) is 15.1. The Bertz CT molecular complexity index is 464. The molecule has 72 valence electrons. The van der Waals surface area contributed by atoms with Crippen LogP contribution in [0, 0.1) is 0 Å². The topological polar surface area (TPSA) is 81.1 Å². The van der Waals surface area contributed by atoms with Gasteiger partial charge in [-0.05, 0) is 18.6 Å². The Morgan fingerprint density at radius 1 is 1.50 bits per heavy atom. The van der Waals surface area contributed by atoms with E-state index in [1.807, 2.05) is 12.1 Å². The number of nitrogens with one attached hydrogen (secondary N) is 1. The molecule has 0 spiro atoms. The van der Waals surface area contributed by atoms with Crippen molar-refractivity contribution in [3.63, 3.8) is 0 Å². The summed E-state index contributed by atoms with van der Waals surface area (Å²) in [6.07, 6.45) is 2.59. The first-order chi connectivity index (χ1) is 6.83. The van der Waals surface area contributed by atoms with Crippen LogP contribution in [0.3, 0.4) is 0 Å². The number of fused-ring (bicyclic) bond motifs is 1. The molecular weight excluding hydrogens is 180 g/mol. The van der Waals surface area contributed by atoms with E-state index in [-0.39, 0.29) is 6.04 Å². The Balaban J connectivity index is 1.89. The smallest absolute Gasteiger partial charge is 0.177 e. The van der Waals surface area contributed by atoms with Gasteiger partial charge >= 0.3 is 0 Å². The molecule has 2 atom stereocenters. The average molecular weight is 190 g/mol. The van der Waals surface area contributed by atoms with Gasteiger partial charge < -0.3 is 11.1 Å². The van der Waals surface area contributed by atoms with Gasteiger partial charge in [-0.25, -0.2) is 0 Å². The SMILES string of the molecule is NC1CC1Nc1ccc2nncn2n1. The molecule has 2 unspecified atom stereocenters. The third kappa shape index (κ3) is 1.20. The summed E-state index contributed by atoms with van der Waals surface area (Å²) in [6, 6.07) is 4.40. The molecule has 0 aromatic carbocycles. The fraction of sp³-hybridized carbons (Fsp3) is 0.375. The zero-order valence-electron chi connectivity index (χ0n) is 7.46. The second-order valence-electron chi connectivity index (χ2n) is 3.50. The Labute approximate surface area is 80.1 Å². The van der Waals surface area contributed by atoms with Crippen molar-refractivity contribution in [3.8, 4) is 0 Å². The van der Waals surface area contributed by atoms with Gasteiger partial charge in [-0.15, -0.1) is 15.3 Å². The van der Waals surface area contributed by atoms with E-state index in [9.17, 15) is 0 Å². The second kappa shape index (κ2) is 2.65. The van der Waals surface area contributed by atoms with Crippen molar-refractivity contribution < 1.29 is 0 Å². The van der Waals surface area contributed by atoms with Crippen molar-refractivity contribution in [2.24, 2.45) is 5.73 Å². The minimum absolute atomic E-state index is 0.272. The standard InChI is InChI=1S/C8H10N6/c9-5-3-6(5)11-7-1-2-8-12-10-4-14(8)13-7/h1-2,4-6H,3,9H2,(H,11,13). The number of nitrogens with two attached hydrogens (primary N) is 1. The molecule has 1 aliphatic rings. The van der Waals surface area contributed by atoms with Crippen LogP contribution >= 0.6 is 0 Å². The van der Waals surface area contributed by atoms with E-state index < -0.39 is 0 Å². The predicted octanol–water partition coefficient (Wildman–Crippen LogP) is -0.364. The Hall–Kier alpha value is -1.69. The van der Waals surface area contributed by atoms with E-state index >= 15 is 0 Å². The number of hydrogen-bond donors (Lipinski definition) is 2. The van der Waals surface area contributed by atoms with E-state index in [1.165, 1.54) is 0 Å². The van der Waals surface area contributed by atoms with Crippen LogP contribution in [0.4, 0.5) is 5.82 Å². The highest BCUT2D eigenvalue weighted by molar-refractivity contribution is 5.44. The summed E-state index contributed by atoms with van der Waals surface area (Å²) in [5.74, 6) is 0.815. The van der Waals surface area contributed by atoms with Gasteiger partial charge in [0, 0.05) is 12.1 Å². The highest BCUT2D eigenvalue weighted by atomic mass is 15.4. The highest BCUT2D eigenvalue weighted by Crippen LogP contribution is 2.22. The van der Waals surface area contributed by atoms with Crippen molar-refractivity contribution in [2.45, 2.75) is 18.5 Å². The molecule has 0 saturated heterocycles. The average Bonchev–Trinajstić information content (AvgIpc) is 2.70. The van der Waals surface area contributed by atoms with Crippen molar-refractivity contribution >= 4 is 11.5 Å². The third-order valence-electron chi connectivity index (χ3n) is 2.33. The number of rotatable bonds is 2. The number of aromatic nitrogens is 4. The molecule has 1 aliphatic carbocycles. The summed E-state index contributed by atoms with van der Waals surface area (Å²) in [5.41, 5.74) is 6.43. The summed E-state index contributed by atoms with van der Waals surface area (Å²) >= 11 is 0. The molecule has 0 aliphatic heterocycles. The van der Waals surface area contributed by atoms with Gasteiger partial charge in [0.05, 0.1) is 0 Å². The Kier molecular flexibility index (Phi) is 1.45. The van der Waals surface area contributed by atoms with Gasteiger partial charge in [-0.3, -0.25) is 0 Å². The monoisotopic (exact) mass is 190 g/mol. The van der Waals surface area contributed by atoms with Gasteiger partial charge in [0.15, 0.2) is 5.65 Å². The zero-order valence-corrected chi connectivity index (χ0v) is 7.46. The number of hydrogen-bond acceptors (Lipinski definition) is 5. The molecule has 0 amide bonds. The van der Waals surface area contributed by atoms with Crippen molar-refractivity contribution in [1.29, 1.82) is 0 Å². The first-order valence-electron chi connectivity index (χ1n) is 4.52. The van der Waals surface area contributed by atoms with Crippen molar-refractivity contribution in [2.75, 3.05) is 5.32 Å². The molecule has 1 saturated carbocycles. The van der Waals surface area contributed by atoms with Crippen molar-refractivity contribution in [1.82, 2.24) is 19.8 Å². The fourth-order valence-corrected chi connectivity index (χ4v) is 1.38. The van der Waals surface area contributed by atoms with Gasteiger partial charge in [0.1, 0.15) is 12.1 Å². The van der Waals surface area contributed by atoms with Crippen LogP contribution in [0.5, 0.6) is 0 Å². The maximum absolute atomic E-state index is 5.69. The van der Waals surface area contributed by atoms with Crippen LogP contribution in [0.15, 0.2) is 18.5 Å². The minimum atomic E-state index is 0.272. The van der Waals surface area contributed by atoms with Crippen molar-refractivity contribution in [3.05, 3.63) is 18.5 Å². The fourth-order valence-electron chi connectivity index (χ4n) is 1.38. The quantitative estimate of drug-likeness (QED) is 0.675. The molecule has 6 nitrogen and oxygen atoms in total. The number of nitrogens with zero attached hydrogens (tertiary/aromatic N) is 4. The predicted molar refractivity (Wildman–Crippen MR) is 50.8 cm³/mol. The number of anilines is 1. The lowest BCUT2D eigenvalue weighted by Gasteiger charge is -2.02. The lowest BCUT2D eigenvalue weighted by molar-refractivity contribution is 0.907. The lowest BCUT2D eigenvalue weighted by Crippen LogP contribution is -2.14. The molecule has 2 aromatic heterocycles. The maximum atomic E-state index is 5.69. The van der Waals surface area contributed by atoms with E-state index in [0.717, 1.165) is 17.9 Å². The first-order valence-corrected chi connectivity index (χ1v) is 4.52. The highest BCUT2D eigenvalue weighted by Gasteiger charge is 2.33. The molecule has 6 heteroatoms. The van der Waals surface area contributed by atoms with Crippen LogP contribution < -0.4 is 11.1 Å². The van der Waals surface area contributed by atoms with E-state index in [4.69, 9.17) is 5.73 Å². The summed E-state index contributed by atoms with van der Waals surface area (Å²) in [4.78, 5) is 0. The molecular formula is C8H10N6. The van der Waals surface area contributed by atoms with E-state index in [2.05, 4.69) is 20.6 Å². The molecule has 3 N–H and O–H groups in total. The second-order valence-corrected chi connectivity index (χ2v) is 3.50. The molecule has 2 heterocycles.